The third-order valence-electron chi connectivity index (χ3n) is 7.73. The molecule has 2 aliphatic heterocycles. The number of amides is 4. The van der Waals surface area contributed by atoms with Crippen molar-refractivity contribution < 1.29 is 23.9 Å². The number of terminal acetylenes is 1. The summed E-state index contributed by atoms with van der Waals surface area (Å²) in [5.74, 6) is 1.61. The summed E-state index contributed by atoms with van der Waals surface area (Å²) in [4.78, 5) is 44.7. The van der Waals surface area contributed by atoms with Crippen molar-refractivity contribution in [3.63, 3.8) is 0 Å². The summed E-state index contributed by atoms with van der Waals surface area (Å²) in [6.45, 7) is 1.95. The maximum Gasteiger partial charge on any atom is 0.334 e. The van der Waals surface area contributed by atoms with Crippen molar-refractivity contribution in [2.45, 2.75) is 38.1 Å². The van der Waals surface area contributed by atoms with Gasteiger partial charge in [-0.25, -0.2) is 14.2 Å². The lowest BCUT2D eigenvalue weighted by molar-refractivity contribution is -0.190. The van der Waals surface area contributed by atoms with Gasteiger partial charge in [0.2, 0.25) is 11.8 Å². The van der Waals surface area contributed by atoms with Gasteiger partial charge < -0.3 is 20.2 Å². The molecule has 0 aromatic heterocycles. The number of hydrogen-bond donors (Lipinski definition) is 2. The normalized spacial score (nSPS) is 19.7. The molecular weight excluding hydrogens is 537 g/mol. The van der Waals surface area contributed by atoms with Gasteiger partial charge in [-0.3, -0.25) is 9.59 Å². The van der Waals surface area contributed by atoms with E-state index >= 15 is 0 Å². The fourth-order valence-corrected chi connectivity index (χ4v) is 5.58. The van der Waals surface area contributed by atoms with Gasteiger partial charge in [-0.15, -0.1) is 6.42 Å². The summed E-state index contributed by atoms with van der Waals surface area (Å²) >= 11 is 0. The van der Waals surface area contributed by atoms with Crippen molar-refractivity contribution >= 4 is 17.8 Å². The zero-order valence-corrected chi connectivity index (χ0v) is 23.2. The maximum absolute atomic E-state index is 14.1. The largest absolute Gasteiger partial charge is 0.508 e. The zero-order chi connectivity index (χ0) is 29.8. The molecule has 2 saturated heterocycles. The third kappa shape index (κ3) is 5.92. The van der Waals surface area contributed by atoms with E-state index in [4.69, 9.17) is 6.42 Å². The van der Waals surface area contributed by atoms with E-state index in [1.165, 1.54) is 39.2 Å². The number of carbonyl (C=O) groups is 3. The second kappa shape index (κ2) is 12.3. The lowest BCUT2D eigenvalue weighted by atomic mass is 9.96. The summed E-state index contributed by atoms with van der Waals surface area (Å²) in [6.07, 6.45) is 4.96. The summed E-state index contributed by atoms with van der Waals surface area (Å²) in [5.41, 5.74) is 2.35. The number of rotatable bonds is 7. The minimum atomic E-state index is -0.930. The van der Waals surface area contributed by atoms with Gasteiger partial charge in [-0.2, -0.15) is 5.01 Å². The molecule has 3 aromatic rings. The summed E-state index contributed by atoms with van der Waals surface area (Å²) in [6, 6.07) is 19.9. The standard InChI is InChI=1S/C32H32FN5O4/c1-3-17-35-21-30(40)37-28(18-23-9-15-27(39)16-10-23)31(41)36(22(2)25-11-13-26(33)14-12-25)20-29(37)38(35)32(42)34-19-24-7-5-4-6-8-24/h1,4-16,22,28-29,39H,17-21H2,2H3,(H,34,42)/t22?,28-,29-/m0/s1. The molecule has 42 heavy (non-hydrogen) atoms. The van der Waals surface area contributed by atoms with Crippen LogP contribution in [-0.2, 0) is 22.6 Å². The van der Waals surface area contributed by atoms with E-state index in [-0.39, 0.29) is 50.2 Å². The monoisotopic (exact) mass is 569 g/mol. The van der Waals surface area contributed by atoms with E-state index in [0.29, 0.717) is 5.56 Å². The summed E-state index contributed by atoms with van der Waals surface area (Å²) in [7, 11) is 0. The predicted molar refractivity (Wildman–Crippen MR) is 154 cm³/mol. The molecule has 2 fully saturated rings. The van der Waals surface area contributed by atoms with Crippen LogP contribution in [0.4, 0.5) is 9.18 Å². The van der Waals surface area contributed by atoms with Crippen LogP contribution in [0.3, 0.4) is 0 Å². The number of phenols is 1. The number of aromatic hydroxyl groups is 1. The van der Waals surface area contributed by atoms with E-state index in [0.717, 1.165) is 11.1 Å². The average Bonchev–Trinajstić information content (AvgIpc) is 2.99. The van der Waals surface area contributed by atoms with Crippen molar-refractivity contribution in [1.29, 1.82) is 0 Å². The average molecular weight is 570 g/mol. The summed E-state index contributed by atoms with van der Waals surface area (Å²) in [5, 5.41) is 15.7. The van der Waals surface area contributed by atoms with Crippen LogP contribution in [0.15, 0.2) is 78.9 Å². The number of hydrazine groups is 1. The first-order valence-corrected chi connectivity index (χ1v) is 13.7. The number of carbonyl (C=O) groups excluding carboxylic acids is 3. The van der Waals surface area contributed by atoms with Gasteiger partial charge in [0.25, 0.3) is 0 Å². The second-order valence-electron chi connectivity index (χ2n) is 10.4. The zero-order valence-electron chi connectivity index (χ0n) is 23.2. The van der Waals surface area contributed by atoms with Crippen molar-refractivity contribution in [1.82, 2.24) is 25.1 Å². The van der Waals surface area contributed by atoms with Crippen LogP contribution in [0.5, 0.6) is 5.75 Å². The van der Waals surface area contributed by atoms with Crippen molar-refractivity contribution in [3.05, 3.63) is 101 Å². The Hall–Kier alpha value is -4.88. The summed E-state index contributed by atoms with van der Waals surface area (Å²) < 4.78 is 13.7. The predicted octanol–water partition coefficient (Wildman–Crippen LogP) is 3.28. The van der Waals surface area contributed by atoms with Crippen LogP contribution in [0.2, 0.25) is 0 Å². The van der Waals surface area contributed by atoms with Crippen LogP contribution in [0.25, 0.3) is 0 Å². The van der Waals surface area contributed by atoms with Crippen LogP contribution in [-0.4, -0.2) is 74.6 Å². The van der Waals surface area contributed by atoms with Crippen molar-refractivity contribution in [2.75, 3.05) is 19.6 Å². The Labute approximate surface area is 244 Å². The molecule has 3 atom stereocenters. The van der Waals surface area contributed by atoms with E-state index in [9.17, 15) is 23.9 Å². The Morgan fingerprint density at radius 1 is 1.05 bits per heavy atom. The van der Waals surface area contributed by atoms with Crippen molar-refractivity contribution in [2.24, 2.45) is 0 Å². The fourth-order valence-electron chi connectivity index (χ4n) is 5.58. The van der Waals surface area contributed by atoms with Gasteiger partial charge in [0, 0.05) is 13.0 Å². The van der Waals surface area contributed by atoms with Gasteiger partial charge in [0.1, 0.15) is 23.8 Å². The first-order valence-electron chi connectivity index (χ1n) is 13.7. The van der Waals surface area contributed by atoms with E-state index in [1.54, 1.807) is 29.2 Å². The lowest BCUT2D eigenvalue weighted by Gasteiger charge is -2.55. The molecule has 0 spiro atoms. The van der Waals surface area contributed by atoms with Crippen LogP contribution in [0.1, 0.15) is 29.7 Å². The number of nitrogens with one attached hydrogen (secondary N) is 1. The topological polar surface area (TPSA) is 96.4 Å². The molecule has 2 heterocycles. The first kappa shape index (κ1) is 28.6. The molecule has 3 aromatic carbocycles. The molecule has 4 amide bonds. The molecule has 5 rings (SSSR count). The molecule has 0 bridgehead atoms. The van der Waals surface area contributed by atoms with Crippen LogP contribution in [0, 0.1) is 18.2 Å². The van der Waals surface area contributed by atoms with Crippen molar-refractivity contribution in [3.8, 4) is 18.1 Å². The molecule has 1 unspecified atom stereocenters. The molecule has 10 heteroatoms. The second-order valence-corrected chi connectivity index (χ2v) is 10.4. The Balaban J connectivity index is 1.52. The molecular formula is C32H32FN5O4. The van der Waals surface area contributed by atoms with E-state index in [1.807, 2.05) is 37.3 Å². The van der Waals surface area contributed by atoms with Gasteiger partial charge in [-0.1, -0.05) is 60.5 Å². The number of piperazine rings is 1. The highest BCUT2D eigenvalue weighted by Gasteiger charge is 2.52. The smallest absolute Gasteiger partial charge is 0.334 e. The van der Waals surface area contributed by atoms with E-state index in [2.05, 4.69) is 11.2 Å². The SMILES string of the molecule is C#CCN1CC(=O)N2[C@@H](Cc3ccc(O)cc3)C(=O)N(C(C)c3ccc(F)cc3)C[C@@H]2N1C(=O)NCc1ccccc1. The van der Waals surface area contributed by atoms with Gasteiger partial charge >= 0.3 is 6.03 Å². The highest BCUT2D eigenvalue weighted by Crippen LogP contribution is 2.33. The lowest BCUT2D eigenvalue weighted by Crippen LogP contribution is -2.76. The molecule has 0 aliphatic carbocycles. The van der Waals surface area contributed by atoms with Crippen LogP contribution >= 0.6 is 0 Å². The molecule has 2 aliphatic rings. The minimum absolute atomic E-state index is 0.0128. The molecule has 216 valence electrons. The number of benzene rings is 3. The van der Waals surface area contributed by atoms with Gasteiger partial charge in [0.05, 0.1) is 25.7 Å². The molecule has 0 saturated carbocycles. The quantitative estimate of drug-likeness (QED) is 0.426. The molecule has 0 radical (unpaired) electrons. The fraction of sp³-hybridized carbons (Fsp3) is 0.281. The highest BCUT2D eigenvalue weighted by atomic mass is 19.1. The maximum atomic E-state index is 14.1. The number of urea groups is 1. The number of fused-ring (bicyclic) bond motifs is 1. The third-order valence-corrected chi connectivity index (χ3v) is 7.73. The number of hydrogen-bond acceptors (Lipinski definition) is 5. The van der Waals surface area contributed by atoms with Gasteiger partial charge in [0.15, 0.2) is 0 Å². The number of phenolic OH excluding ortho intramolecular Hbond substituents is 1. The Kier molecular flexibility index (Phi) is 8.41. The Morgan fingerprint density at radius 2 is 1.74 bits per heavy atom. The molecule has 2 N–H and O–H groups in total. The Morgan fingerprint density at radius 3 is 2.40 bits per heavy atom. The van der Waals surface area contributed by atoms with E-state index < -0.39 is 30.1 Å². The molecule has 9 nitrogen and oxygen atoms in total. The Bertz CT molecular complexity index is 1480. The number of nitrogens with zero attached hydrogens (tertiary/aromatic N) is 4. The highest BCUT2D eigenvalue weighted by molar-refractivity contribution is 5.92. The van der Waals surface area contributed by atoms with Crippen LogP contribution < -0.4 is 5.32 Å². The first-order chi connectivity index (χ1) is 20.3. The van der Waals surface area contributed by atoms with Gasteiger partial charge in [-0.05, 0) is 47.9 Å². The number of halogens is 1. The minimum Gasteiger partial charge on any atom is -0.508 e.